The van der Waals surface area contributed by atoms with Crippen molar-refractivity contribution in [3.05, 3.63) is 23.5 Å². The normalized spacial score (nSPS) is 13.4. The van der Waals surface area contributed by atoms with Crippen LogP contribution in [0.25, 0.3) is 11.1 Å². The first kappa shape index (κ1) is 8.72. The summed E-state index contributed by atoms with van der Waals surface area (Å²) in [7, 11) is -1.00. The van der Waals surface area contributed by atoms with E-state index in [9.17, 15) is 4.21 Å². The van der Waals surface area contributed by atoms with Crippen LogP contribution in [0.15, 0.2) is 27.5 Å². The summed E-state index contributed by atoms with van der Waals surface area (Å²) in [6.45, 7) is 0. The molecule has 0 radical (unpaired) electrons. The second-order valence-electron chi connectivity index (χ2n) is 2.55. The Bertz CT molecular complexity index is 480. The van der Waals surface area contributed by atoms with Crippen molar-refractivity contribution < 1.29 is 8.63 Å². The lowest BCUT2D eigenvalue weighted by Gasteiger charge is -1.93. The van der Waals surface area contributed by atoms with Crippen molar-refractivity contribution in [3.8, 4) is 0 Å². The molecule has 0 N–H and O–H groups in total. The predicted octanol–water partition coefficient (Wildman–Crippen LogP) is 2.22. The Morgan fingerprint density at radius 3 is 3.00 bits per heavy atom. The standard InChI is InChI=1S/C8H6ClNO2S/c1-13(11)5-2-3-7-6(4-5)10-8(9)12-7/h2-4H,1H3. The molecule has 5 heteroatoms. The van der Waals surface area contributed by atoms with E-state index in [1.165, 1.54) is 0 Å². The Balaban J connectivity index is 2.67. The molecule has 68 valence electrons. The monoisotopic (exact) mass is 215 g/mol. The molecule has 0 aliphatic rings. The predicted molar refractivity (Wildman–Crippen MR) is 51.4 cm³/mol. The Kier molecular flexibility index (Phi) is 2.09. The van der Waals surface area contributed by atoms with Gasteiger partial charge >= 0.3 is 0 Å². The van der Waals surface area contributed by atoms with Crippen molar-refractivity contribution in [1.29, 1.82) is 0 Å². The van der Waals surface area contributed by atoms with Crippen LogP contribution in [0.3, 0.4) is 0 Å². The maximum absolute atomic E-state index is 11.1. The average molecular weight is 216 g/mol. The van der Waals surface area contributed by atoms with Gasteiger partial charge in [-0.25, -0.2) is 0 Å². The minimum absolute atomic E-state index is 0.106. The second-order valence-corrected chi connectivity index (χ2v) is 4.25. The molecule has 0 saturated heterocycles. The molecule has 0 bridgehead atoms. The van der Waals surface area contributed by atoms with Gasteiger partial charge in [-0.15, -0.1) is 0 Å². The highest BCUT2D eigenvalue weighted by atomic mass is 35.5. The SMILES string of the molecule is CS(=O)c1ccc2oc(Cl)nc2c1. The van der Waals surface area contributed by atoms with Gasteiger partial charge in [0.15, 0.2) is 5.58 Å². The number of fused-ring (bicyclic) bond motifs is 1. The van der Waals surface area contributed by atoms with Gasteiger partial charge in [-0.2, -0.15) is 4.98 Å². The molecule has 13 heavy (non-hydrogen) atoms. The highest BCUT2D eigenvalue weighted by molar-refractivity contribution is 7.84. The summed E-state index contributed by atoms with van der Waals surface area (Å²) in [6, 6.07) is 5.16. The van der Waals surface area contributed by atoms with Gasteiger partial charge in [-0.1, -0.05) is 0 Å². The topological polar surface area (TPSA) is 43.1 Å². The van der Waals surface area contributed by atoms with E-state index in [4.69, 9.17) is 16.0 Å². The Morgan fingerprint density at radius 2 is 2.31 bits per heavy atom. The van der Waals surface area contributed by atoms with E-state index in [1.807, 2.05) is 0 Å². The van der Waals surface area contributed by atoms with E-state index < -0.39 is 10.8 Å². The third kappa shape index (κ3) is 1.59. The van der Waals surface area contributed by atoms with Crippen molar-refractivity contribution in [2.45, 2.75) is 4.90 Å². The van der Waals surface area contributed by atoms with Gasteiger partial charge in [-0.05, 0) is 29.8 Å². The molecule has 0 saturated carbocycles. The molecule has 1 aromatic carbocycles. The molecule has 2 rings (SSSR count). The zero-order valence-electron chi connectivity index (χ0n) is 6.78. The fraction of sp³-hybridized carbons (Fsp3) is 0.125. The van der Waals surface area contributed by atoms with Gasteiger partial charge in [0.25, 0.3) is 5.35 Å². The zero-order valence-corrected chi connectivity index (χ0v) is 8.35. The molecular formula is C8H6ClNO2S. The zero-order chi connectivity index (χ0) is 9.42. The van der Waals surface area contributed by atoms with Crippen LogP contribution in [-0.4, -0.2) is 15.4 Å². The summed E-state index contributed by atoms with van der Waals surface area (Å²) in [5, 5.41) is 0.106. The minimum atomic E-state index is -1.00. The summed E-state index contributed by atoms with van der Waals surface area (Å²) >= 11 is 5.56. The summed E-state index contributed by atoms with van der Waals surface area (Å²) < 4.78 is 16.2. The Morgan fingerprint density at radius 1 is 1.54 bits per heavy atom. The van der Waals surface area contributed by atoms with Crippen LogP contribution >= 0.6 is 11.6 Å². The largest absolute Gasteiger partial charge is 0.428 e. The van der Waals surface area contributed by atoms with E-state index in [0.717, 1.165) is 4.90 Å². The molecule has 1 aromatic heterocycles. The van der Waals surface area contributed by atoms with E-state index in [1.54, 1.807) is 24.5 Å². The Hall–Kier alpha value is -0.870. The lowest BCUT2D eigenvalue weighted by Crippen LogP contribution is -1.85. The minimum Gasteiger partial charge on any atom is -0.428 e. The highest BCUT2D eigenvalue weighted by Crippen LogP contribution is 2.20. The molecule has 1 atom stereocenters. The van der Waals surface area contributed by atoms with Crippen LogP contribution in [0, 0.1) is 0 Å². The summed E-state index contributed by atoms with van der Waals surface area (Å²) in [5.41, 5.74) is 1.25. The van der Waals surface area contributed by atoms with Gasteiger partial charge in [0.1, 0.15) is 5.52 Å². The molecule has 0 aliphatic carbocycles. The van der Waals surface area contributed by atoms with Gasteiger partial charge in [0, 0.05) is 22.0 Å². The van der Waals surface area contributed by atoms with Crippen molar-refractivity contribution in [2.75, 3.05) is 6.26 Å². The van der Waals surface area contributed by atoms with Crippen LogP contribution in [0.5, 0.6) is 0 Å². The molecule has 1 unspecified atom stereocenters. The molecule has 1 heterocycles. The lowest BCUT2D eigenvalue weighted by molar-refractivity contribution is 0.604. The van der Waals surface area contributed by atoms with Gasteiger partial charge < -0.3 is 4.42 Å². The molecule has 0 spiro atoms. The van der Waals surface area contributed by atoms with Crippen LogP contribution in [0.2, 0.25) is 5.35 Å². The summed E-state index contributed by atoms with van der Waals surface area (Å²) in [4.78, 5) is 4.64. The van der Waals surface area contributed by atoms with Crippen LogP contribution in [-0.2, 0) is 10.8 Å². The number of hydrogen-bond donors (Lipinski definition) is 0. The number of oxazole rings is 1. The van der Waals surface area contributed by atoms with E-state index >= 15 is 0 Å². The summed E-state index contributed by atoms with van der Waals surface area (Å²) in [6.07, 6.45) is 1.61. The fourth-order valence-corrected chi connectivity index (χ4v) is 1.77. The van der Waals surface area contributed by atoms with Gasteiger partial charge in [0.2, 0.25) is 0 Å². The van der Waals surface area contributed by atoms with Crippen molar-refractivity contribution in [2.24, 2.45) is 0 Å². The molecular weight excluding hydrogens is 210 g/mol. The average Bonchev–Trinajstić information content (AvgIpc) is 2.42. The van der Waals surface area contributed by atoms with E-state index in [2.05, 4.69) is 4.98 Å². The van der Waals surface area contributed by atoms with Crippen molar-refractivity contribution >= 4 is 33.5 Å². The van der Waals surface area contributed by atoms with Crippen molar-refractivity contribution in [3.63, 3.8) is 0 Å². The third-order valence-electron chi connectivity index (χ3n) is 1.66. The quantitative estimate of drug-likeness (QED) is 0.733. The molecule has 0 fully saturated rings. The smallest absolute Gasteiger partial charge is 0.293 e. The third-order valence-corrected chi connectivity index (χ3v) is 2.74. The van der Waals surface area contributed by atoms with Crippen LogP contribution < -0.4 is 0 Å². The molecule has 0 amide bonds. The molecule has 3 nitrogen and oxygen atoms in total. The number of rotatable bonds is 1. The number of benzene rings is 1. The number of aromatic nitrogens is 1. The second kappa shape index (κ2) is 3.12. The van der Waals surface area contributed by atoms with Gasteiger partial charge in [-0.3, -0.25) is 4.21 Å². The number of halogens is 1. The first-order chi connectivity index (χ1) is 6.16. The maximum atomic E-state index is 11.1. The first-order valence-corrected chi connectivity index (χ1v) is 5.50. The van der Waals surface area contributed by atoms with E-state index in [-0.39, 0.29) is 5.35 Å². The molecule has 2 aromatic rings. The lowest BCUT2D eigenvalue weighted by atomic mass is 10.3. The highest BCUT2D eigenvalue weighted by Gasteiger charge is 2.05. The maximum Gasteiger partial charge on any atom is 0.293 e. The van der Waals surface area contributed by atoms with E-state index in [0.29, 0.717) is 11.1 Å². The summed E-state index contributed by atoms with van der Waals surface area (Å²) in [5.74, 6) is 0. The first-order valence-electron chi connectivity index (χ1n) is 3.56. The number of nitrogens with zero attached hydrogens (tertiary/aromatic N) is 1. The van der Waals surface area contributed by atoms with Crippen LogP contribution in [0.1, 0.15) is 0 Å². The Labute approximate surface area is 82.2 Å². The fourth-order valence-electron chi connectivity index (χ4n) is 1.06. The van der Waals surface area contributed by atoms with Crippen LogP contribution in [0.4, 0.5) is 0 Å². The molecule has 0 aliphatic heterocycles. The van der Waals surface area contributed by atoms with Gasteiger partial charge in [0.05, 0.1) is 0 Å². The van der Waals surface area contributed by atoms with Crippen molar-refractivity contribution in [1.82, 2.24) is 4.98 Å². The number of hydrogen-bond acceptors (Lipinski definition) is 3.